The molecular weight excluding hydrogens is 240 g/mol. The summed E-state index contributed by atoms with van der Waals surface area (Å²) in [7, 11) is 0. The highest BCUT2D eigenvalue weighted by Crippen LogP contribution is 2.22. The van der Waals surface area contributed by atoms with Crippen LogP contribution in [0.3, 0.4) is 0 Å². The first kappa shape index (κ1) is 14.4. The van der Waals surface area contributed by atoms with Gasteiger partial charge in [0, 0.05) is 13.0 Å². The van der Waals surface area contributed by atoms with Crippen LogP contribution in [0.25, 0.3) is 0 Å². The Morgan fingerprint density at radius 2 is 1.95 bits per heavy atom. The second-order valence-electron chi connectivity index (χ2n) is 5.09. The summed E-state index contributed by atoms with van der Waals surface area (Å²) >= 11 is 0. The molecule has 1 saturated heterocycles. The van der Waals surface area contributed by atoms with Crippen LogP contribution in [0.1, 0.15) is 36.8 Å². The van der Waals surface area contributed by atoms with Gasteiger partial charge in [-0.15, -0.1) is 0 Å². The summed E-state index contributed by atoms with van der Waals surface area (Å²) in [5.41, 5.74) is 2.38. The lowest BCUT2D eigenvalue weighted by Gasteiger charge is -2.22. The first-order chi connectivity index (χ1) is 9.27. The molecule has 1 fully saturated rings. The Hall–Kier alpha value is -1.06. The van der Waals surface area contributed by atoms with Gasteiger partial charge in [0.15, 0.2) is 6.29 Å². The smallest absolute Gasteiger partial charge is 0.157 e. The van der Waals surface area contributed by atoms with Gasteiger partial charge in [-0.3, -0.25) is 0 Å². The van der Waals surface area contributed by atoms with E-state index in [1.54, 1.807) is 0 Å². The molecule has 1 aromatic carbocycles. The number of rotatable bonds is 6. The normalized spacial score (nSPS) is 19.4. The molecule has 0 aromatic heterocycles. The molecule has 0 amide bonds. The van der Waals surface area contributed by atoms with E-state index < -0.39 is 0 Å². The van der Waals surface area contributed by atoms with Crippen molar-refractivity contribution >= 4 is 0 Å². The van der Waals surface area contributed by atoms with E-state index in [1.807, 2.05) is 0 Å². The first-order valence-electron chi connectivity index (χ1n) is 7.19. The number of aryl methyl sites for hydroxylation is 2. The Kier molecular flexibility index (Phi) is 5.67. The number of hydrogen-bond donors (Lipinski definition) is 0. The fourth-order valence-corrected chi connectivity index (χ4v) is 2.32. The van der Waals surface area contributed by atoms with Crippen LogP contribution >= 0.6 is 0 Å². The van der Waals surface area contributed by atoms with Crippen LogP contribution in [0, 0.1) is 13.8 Å². The summed E-state index contributed by atoms with van der Waals surface area (Å²) in [6.45, 7) is 6.39. The zero-order chi connectivity index (χ0) is 13.5. The number of benzene rings is 1. The summed E-state index contributed by atoms with van der Waals surface area (Å²) in [6.07, 6.45) is 4.30. The number of para-hydroxylation sites is 1. The fraction of sp³-hybridized carbons (Fsp3) is 0.625. The minimum absolute atomic E-state index is 0.00828. The van der Waals surface area contributed by atoms with Crippen LogP contribution in [0.15, 0.2) is 18.2 Å². The summed E-state index contributed by atoms with van der Waals surface area (Å²) in [5, 5.41) is 0. The van der Waals surface area contributed by atoms with Crippen LogP contribution in [0.4, 0.5) is 0 Å². The van der Waals surface area contributed by atoms with Gasteiger partial charge in [-0.1, -0.05) is 18.2 Å². The predicted molar refractivity (Wildman–Crippen MR) is 75.6 cm³/mol. The van der Waals surface area contributed by atoms with Crippen molar-refractivity contribution in [1.29, 1.82) is 0 Å². The number of hydrogen-bond acceptors (Lipinski definition) is 3. The Labute approximate surface area is 115 Å². The second kappa shape index (κ2) is 7.51. The van der Waals surface area contributed by atoms with Gasteiger partial charge in [0.2, 0.25) is 0 Å². The van der Waals surface area contributed by atoms with Gasteiger partial charge in [0.05, 0.1) is 13.2 Å². The summed E-state index contributed by atoms with van der Waals surface area (Å²) in [6, 6.07) is 6.21. The van der Waals surface area contributed by atoms with Gasteiger partial charge in [0.25, 0.3) is 0 Å². The number of ether oxygens (including phenoxy) is 3. The highest BCUT2D eigenvalue weighted by atomic mass is 16.7. The summed E-state index contributed by atoms with van der Waals surface area (Å²) < 4.78 is 17.0. The zero-order valence-corrected chi connectivity index (χ0v) is 12.0. The van der Waals surface area contributed by atoms with E-state index in [1.165, 1.54) is 17.5 Å². The van der Waals surface area contributed by atoms with Crippen molar-refractivity contribution in [3.8, 4) is 5.75 Å². The topological polar surface area (TPSA) is 27.7 Å². The minimum Gasteiger partial charge on any atom is -0.493 e. The van der Waals surface area contributed by atoms with E-state index >= 15 is 0 Å². The largest absolute Gasteiger partial charge is 0.493 e. The maximum atomic E-state index is 5.84. The van der Waals surface area contributed by atoms with Crippen LogP contribution in [0.2, 0.25) is 0 Å². The zero-order valence-electron chi connectivity index (χ0n) is 12.0. The van der Waals surface area contributed by atoms with Gasteiger partial charge in [0.1, 0.15) is 5.75 Å². The van der Waals surface area contributed by atoms with Crippen LogP contribution in [-0.2, 0) is 9.47 Å². The first-order valence-corrected chi connectivity index (χ1v) is 7.19. The lowest BCUT2D eigenvalue weighted by molar-refractivity contribution is -0.163. The van der Waals surface area contributed by atoms with Crippen molar-refractivity contribution in [1.82, 2.24) is 0 Å². The molecule has 1 aromatic rings. The van der Waals surface area contributed by atoms with Crippen molar-refractivity contribution in [3.05, 3.63) is 29.3 Å². The fourth-order valence-electron chi connectivity index (χ4n) is 2.32. The van der Waals surface area contributed by atoms with Gasteiger partial charge in [-0.25, -0.2) is 0 Å². The maximum absolute atomic E-state index is 5.84. The molecule has 0 saturated carbocycles. The molecule has 3 heteroatoms. The van der Waals surface area contributed by atoms with E-state index in [2.05, 4.69) is 32.0 Å². The molecule has 1 aliphatic rings. The van der Waals surface area contributed by atoms with Gasteiger partial charge in [-0.05, 0) is 44.2 Å². The van der Waals surface area contributed by atoms with E-state index in [4.69, 9.17) is 14.2 Å². The molecule has 106 valence electrons. The molecule has 1 aliphatic heterocycles. The molecule has 1 atom stereocenters. The third kappa shape index (κ3) is 4.51. The van der Waals surface area contributed by atoms with Crippen molar-refractivity contribution in [2.75, 3.05) is 19.8 Å². The van der Waals surface area contributed by atoms with Gasteiger partial charge >= 0.3 is 0 Å². The van der Waals surface area contributed by atoms with E-state index in [9.17, 15) is 0 Å². The van der Waals surface area contributed by atoms with Gasteiger partial charge in [-0.2, -0.15) is 0 Å². The van der Waals surface area contributed by atoms with Crippen LogP contribution in [0.5, 0.6) is 5.75 Å². The molecule has 0 bridgehead atoms. The molecular formula is C16H24O3. The van der Waals surface area contributed by atoms with Crippen LogP contribution in [-0.4, -0.2) is 26.1 Å². The molecule has 2 rings (SSSR count). The molecule has 0 spiro atoms. The minimum atomic E-state index is 0.00828. The summed E-state index contributed by atoms with van der Waals surface area (Å²) in [4.78, 5) is 0. The quantitative estimate of drug-likeness (QED) is 0.735. The highest BCUT2D eigenvalue weighted by molar-refractivity contribution is 5.39. The monoisotopic (exact) mass is 264 g/mol. The molecule has 19 heavy (non-hydrogen) atoms. The Morgan fingerprint density at radius 3 is 2.63 bits per heavy atom. The maximum Gasteiger partial charge on any atom is 0.157 e. The molecule has 1 heterocycles. The Bertz CT molecular complexity index is 363. The predicted octanol–water partition coefficient (Wildman–Crippen LogP) is 3.62. The Morgan fingerprint density at radius 1 is 1.16 bits per heavy atom. The molecule has 3 nitrogen and oxygen atoms in total. The SMILES string of the molecule is Cc1cccc(C)c1OCCCO[C@H]1CCCCO1. The Balaban J connectivity index is 1.63. The lowest BCUT2D eigenvalue weighted by Crippen LogP contribution is -2.23. The molecule has 0 aliphatic carbocycles. The molecule has 0 radical (unpaired) electrons. The third-order valence-electron chi connectivity index (χ3n) is 3.39. The molecule has 0 unspecified atom stereocenters. The van der Waals surface area contributed by atoms with E-state index in [0.29, 0.717) is 13.2 Å². The standard InChI is InChI=1S/C16H24O3/c1-13-7-5-8-14(2)16(13)19-12-6-11-18-15-9-3-4-10-17-15/h5,7-8,15H,3-4,6,9-12H2,1-2H3/t15-/m0/s1. The van der Waals surface area contributed by atoms with Crippen molar-refractivity contribution < 1.29 is 14.2 Å². The van der Waals surface area contributed by atoms with Crippen molar-refractivity contribution in [2.45, 2.75) is 45.8 Å². The average molecular weight is 264 g/mol. The van der Waals surface area contributed by atoms with E-state index in [-0.39, 0.29) is 6.29 Å². The second-order valence-corrected chi connectivity index (χ2v) is 5.09. The average Bonchev–Trinajstić information content (AvgIpc) is 2.42. The highest BCUT2D eigenvalue weighted by Gasteiger charge is 2.13. The van der Waals surface area contributed by atoms with Crippen molar-refractivity contribution in [3.63, 3.8) is 0 Å². The summed E-state index contributed by atoms with van der Waals surface area (Å²) in [5.74, 6) is 1.01. The van der Waals surface area contributed by atoms with Gasteiger partial charge < -0.3 is 14.2 Å². The van der Waals surface area contributed by atoms with Crippen LogP contribution < -0.4 is 4.74 Å². The lowest BCUT2D eigenvalue weighted by atomic mass is 10.1. The van der Waals surface area contributed by atoms with Crippen molar-refractivity contribution in [2.24, 2.45) is 0 Å². The molecule has 0 N–H and O–H groups in total. The van der Waals surface area contributed by atoms with E-state index in [0.717, 1.165) is 31.6 Å². The third-order valence-corrected chi connectivity index (χ3v) is 3.39.